The van der Waals surface area contributed by atoms with Gasteiger partial charge in [0.1, 0.15) is 11.5 Å². The van der Waals surface area contributed by atoms with Crippen molar-refractivity contribution in [3.05, 3.63) is 56.8 Å². The first-order valence-electron chi connectivity index (χ1n) is 7.41. The van der Waals surface area contributed by atoms with Crippen LogP contribution >= 0.6 is 15.9 Å². The lowest BCUT2D eigenvalue weighted by molar-refractivity contribution is 0.102. The maximum atomic E-state index is 12.5. The zero-order valence-electron chi connectivity index (χ0n) is 13.5. The number of fused-ring (bicyclic) bond motifs is 1. The van der Waals surface area contributed by atoms with Crippen molar-refractivity contribution in [2.45, 2.75) is 27.7 Å². The summed E-state index contributed by atoms with van der Waals surface area (Å²) in [6, 6.07) is 7.93. The molecule has 3 rings (SSSR count). The summed E-state index contributed by atoms with van der Waals surface area (Å²) in [6.07, 6.45) is 0. The Hall–Kier alpha value is -2.14. The summed E-state index contributed by atoms with van der Waals surface area (Å²) in [5.41, 5.74) is 5.55. The highest BCUT2D eigenvalue weighted by Gasteiger charge is 2.15. The third-order valence-electron chi connectivity index (χ3n) is 4.10. The molecule has 3 aromatic rings. The highest BCUT2D eigenvalue weighted by molar-refractivity contribution is 9.10. The number of rotatable bonds is 2. The van der Waals surface area contributed by atoms with Crippen LogP contribution in [0.1, 0.15) is 32.9 Å². The minimum atomic E-state index is -0.185. The van der Waals surface area contributed by atoms with E-state index < -0.39 is 0 Å². The number of aromatic amines is 1. The first kappa shape index (κ1) is 15.7. The number of carbonyl (C=O) groups excluding carboxylic acids is 1. The molecule has 0 radical (unpaired) electrons. The van der Waals surface area contributed by atoms with Gasteiger partial charge in [0.15, 0.2) is 0 Å². The number of hydrogen-bond donors (Lipinski definition) is 2. The molecule has 5 heteroatoms. The quantitative estimate of drug-likeness (QED) is 0.678. The van der Waals surface area contributed by atoms with Crippen LogP contribution in [-0.2, 0) is 0 Å². The molecule has 1 aromatic carbocycles. The van der Waals surface area contributed by atoms with Gasteiger partial charge in [-0.2, -0.15) is 0 Å². The summed E-state index contributed by atoms with van der Waals surface area (Å²) >= 11 is 3.52. The van der Waals surface area contributed by atoms with Crippen molar-refractivity contribution in [1.29, 1.82) is 0 Å². The Bertz CT molecular complexity index is 928. The minimum absolute atomic E-state index is 0.185. The number of nitrogens with zero attached hydrogens (tertiary/aromatic N) is 1. The topological polar surface area (TPSA) is 57.8 Å². The lowest BCUT2D eigenvalue weighted by atomic mass is 10.1. The van der Waals surface area contributed by atoms with E-state index in [0.29, 0.717) is 11.5 Å². The molecule has 0 fully saturated rings. The molecule has 0 bridgehead atoms. The lowest BCUT2D eigenvalue weighted by Gasteiger charge is -2.12. The van der Waals surface area contributed by atoms with Gasteiger partial charge in [0.2, 0.25) is 0 Å². The van der Waals surface area contributed by atoms with Gasteiger partial charge in [-0.3, -0.25) is 4.79 Å². The standard InChI is InChI=1S/C18H18BrN3O/c1-9-5-6-14-13(7-9)8-15(21-14)18(23)22-17-11(3)10(2)16(19)12(4)20-17/h5-8,21H,1-4H3,(H,20,22,23). The monoisotopic (exact) mass is 371 g/mol. The van der Waals surface area contributed by atoms with E-state index in [1.54, 1.807) is 0 Å². The largest absolute Gasteiger partial charge is 0.351 e. The van der Waals surface area contributed by atoms with Gasteiger partial charge in [-0.15, -0.1) is 0 Å². The van der Waals surface area contributed by atoms with Gasteiger partial charge in [0.05, 0.1) is 5.69 Å². The maximum absolute atomic E-state index is 12.5. The van der Waals surface area contributed by atoms with Crippen LogP contribution in [0, 0.1) is 27.7 Å². The van der Waals surface area contributed by atoms with Crippen LogP contribution in [-0.4, -0.2) is 15.9 Å². The molecular weight excluding hydrogens is 354 g/mol. The molecule has 0 saturated heterocycles. The van der Waals surface area contributed by atoms with Crippen molar-refractivity contribution in [3.63, 3.8) is 0 Å². The molecule has 2 aromatic heterocycles. The molecule has 4 nitrogen and oxygen atoms in total. The van der Waals surface area contributed by atoms with Crippen LogP contribution in [0.4, 0.5) is 5.82 Å². The number of pyridine rings is 1. The van der Waals surface area contributed by atoms with Crippen LogP contribution < -0.4 is 5.32 Å². The average Bonchev–Trinajstić information content (AvgIpc) is 2.93. The average molecular weight is 372 g/mol. The number of hydrogen-bond acceptors (Lipinski definition) is 2. The van der Waals surface area contributed by atoms with Gasteiger partial charge in [-0.05, 0) is 73.0 Å². The highest BCUT2D eigenvalue weighted by atomic mass is 79.9. The Morgan fingerprint density at radius 3 is 2.61 bits per heavy atom. The van der Waals surface area contributed by atoms with E-state index in [9.17, 15) is 4.79 Å². The zero-order valence-corrected chi connectivity index (χ0v) is 15.1. The minimum Gasteiger partial charge on any atom is -0.351 e. The molecule has 0 aliphatic carbocycles. The Morgan fingerprint density at radius 1 is 1.13 bits per heavy atom. The lowest BCUT2D eigenvalue weighted by Crippen LogP contribution is -2.15. The molecule has 1 amide bonds. The van der Waals surface area contributed by atoms with Crippen molar-refractivity contribution < 1.29 is 4.79 Å². The number of carbonyl (C=O) groups is 1. The normalized spacial score (nSPS) is 11.0. The molecule has 23 heavy (non-hydrogen) atoms. The molecule has 0 aliphatic heterocycles. The van der Waals surface area contributed by atoms with Crippen molar-refractivity contribution >= 4 is 38.6 Å². The van der Waals surface area contributed by atoms with Crippen LogP contribution in [0.2, 0.25) is 0 Å². The summed E-state index contributed by atoms with van der Waals surface area (Å²) in [4.78, 5) is 20.2. The number of nitrogens with one attached hydrogen (secondary N) is 2. The fraction of sp³-hybridized carbons (Fsp3) is 0.222. The first-order valence-corrected chi connectivity index (χ1v) is 8.20. The van der Waals surface area contributed by atoms with Crippen molar-refractivity contribution in [2.75, 3.05) is 5.32 Å². The van der Waals surface area contributed by atoms with E-state index in [1.807, 2.05) is 45.9 Å². The number of amides is 1. The second-order valence-electron chi connectivity index (χ2n) is 5.84. The van der Waals surface area contributed by atoms with Crippen LogP contribution in [0.5, 0.6) is 0 Å². The Morgan fingerprint density at radius 2 is 1.87 bits per heavy atom. The van der Waals surface area contributed by atoms with Crippen molar-refractivity contribution in [2.24, 2.45) is 0 Å². The van der Waals surface area contributed by atoms with Gasteiger partial charge >= 0.3 is 0 Å². The molecule has 0 unspecified atom stereocenters. The van der Waals surface area contributed by atoms with Gasteiger partial charge in [-0.1, -0.05) is 11.6 Å². The summed E-state index contributed by atoms with van der Waals surface area (Å²) in [5, 5.41) is 3.94. The van der Waals surface area contributed by atoms with Crippen molar-refractivity contribution in [1.82, 2.24) is 9.97 Å². The van der Waals surface area contributed by atoms with E-state index in [0.717, 1.165) is 32.2 Å². The van der Waals surface area contributed by atoms with E-state index in [4.69, 9.17) is 0 Å². The first-order chi connectivity index (χ1) is 10.9. The number of aryl methyl sites for hydroxylation is 2. The van der Waals surface area contributed by atoms with E-state index >= 15 is 0 Å². The Balaban J connectivity index is 1.95. The maximum Gasteiger partial charge on any atom is 0.273 e. The van der Waals surface area contributed by atoms with Crippen LogP contribution in [0.25, 0.3) is 10.9 Å². The summed E-state index contributed by atoms with van der Waals surface area (Å²) in [5.74, 6) is 0.415. The predicted molar refractivity (Wildman–Crippen MR) is 97.1 cm³/mol. The second kappa shape index (κ2) is 5.81. The predicted octanol–water partition coefficient (Wildman–Crippen LogP) is 4.81. The second-order valence-corrected chi connectivity index (χ2v) is 6.63. The van der Waals surface area contributed by atoms with E-state index in [1.165, 1.54) is 5.56 Å². The highest BCUT2D eigenvalue weighted by Crippen LogP contribution is 2.27. The van der Waals surface area contributed by atoms with Gasteiger partial charge in [0, 0.05) is 15.4 Å². The molecule has 0 spiro atoms. The van der Waals surface area contributed by atoms with Gasteiger partial charge in [0.25, 0.3) is 5.91 Å². The summed E-state index contributed by atoms with van der Waals surface area (Å²) in [6.45, 7) is 7.91. The summed E-state index contributed by atoms with van der Waals surface area (Å²) < 4.78 is 0.981. The third kappa shape index (κ3) is 2.88. The number of anilines is 1. The molecule has 2 heterocycles. The van der Waals surface area contributed by atoms with Gasteiger partial charge in [-0.25, -0.2) is 4.98 Å². The van der Waals surface area contributed by atoms with Crippen LogP contribution in [0.15, 0.2) is 28.7 Å². The number of halogens is 1. The van der Waals surface area contributed by atoms with Crippen LogP contribution in [0.3, 0.4) is 0 Å². The molecule has 0 atom stereocenters. The number of benzene rings is 1. The zero-order chi connectivity index (χ0) is 16.7. The van der Waals surface area contributed by atoms with Gasteiger partial charge < -0.3 is 10.3 Å². The van der Waals surface area contributed by atoms with E-state index in [-0.39, 0.29) is 5.91 Å². The fourth-order valence-electron chi connectivity index (χ4n) is 2.59. The summed E-state index contributed by atoms with van der Waals surface area (Å²) in [7, 11) is 0. The smallest absolute Gasteiger partial charge is 0.273 e. The SMILES string of the molecule is Cc1ccc2[nH]c(C(=O)Nc3nc(C)c(Br)c(C)c3C)cc2c1. The molecule has 0 aliphatic rings. The molecular formula is C18H18BrN3O. The Labute approximate surface area is 143 Å². The number of aromatic nitrogens is 2. The third-order valence-corrected chi connectivity index (χ3v) is 5.27. The molecule has 118 valence electrons. The number of H-pyrrole nitrogens is 1. The molecule has 2 N–H and O–H groups in total. The fourth-order valence-corrected chi connectivity index (χ4v) is 2.97. The van der Waals surface area contributed by atoms with Crippen molar-refractivity contribution in [3.8, 4) is 0 Å². The Kier molecular flexibility index (Phi) is 3.98. The molecule has 0 saturated carbocycles. The van der Waals surface area contributed by atoms with E-state index in [2.05, 4.69) is 37.3 Å².